The maximum atomic E-state index is 12.8. The zero-order valence-corrected chi connectivity index (χ0v) is 19.0. The van der Waals surface area contributed by atoms with E-state index in [-0.39, 0.29) is 5.91 Å². The van der Waals surface area contributed by atoms with Crippen molar-refractivity contribution in [1.29, 1.82) is 0 Å². The van der Waals surface area contributed by atoms with Crippen LogP contribution in [0, 0.1) is 0 Å². The van der Waals surface area contributed by atoms with E-state index in [9.17, 15) is 4.79 Å². The summed E-state index contributed by atoms with van der Waals surface area (Å²) in [7, 11) is 4.78. The highest BCUT2D eigenvalue weighted by Crippen LogP contribution is 2.38. The Hall–Kier alpha value is -2.80. The van der Waals surface area contributed by atoms with Gasteiger partial charge in [-0.1, -0.05) is 12.1 Å². The van der Waals surface area contributed by atoms with Crippen LogP contribution >= 0.6 is 11.3 Å². The molecule has 0 spiro atoms. The van der Waals surface area contributed by atoms with Crippen molar-refractivity contribution in [2.45, 2.75) is 31.6 Å². The maximum Gasteiger partial charge on any atom is 0.222 e. The first kappa shape index (κ1) is 21.4. The molecule has 0 aliphatic carbocycles. The fourth-order valence-corrected chi connectivity index (χ4v) is 5.27. The second kappa shape index (κ2) is 9.56. The van der Waals surface area contributed by atoms with Gasteiger partial charge in [0.2, 0.25) is 11.7 Å². The summed E-state index contributed by atoms with van der Waals surface area (Å²) in [5.74, 6) is 2.42. The van der Waals surface area contributed by atoms with Crippen LogP contribution in [0.3, 0.4) is 0 Å². The molecule has 2 aromatic carbocycles. The average Bonchev–Trinajstić information content (AvgIpc) is 3.26. The minimum absolute atomic E-state index is 0.191. The number of hydrogen-bond acceptors (Lipinski definition) is 6. The molecule has 4 rings (SSSR count). The van der Waals surface area contributed by atoms with Gasteiger partial charge in [0, 0.05) is 25.4 Å². The Kier molecular flexibility index (Phi) is 6.61. The molecule has 0 radical (unpaired) electrons. The molecule has 1 aliphatic rings. The number of amides is 1. The van der Waals surface area contributed by atoms with Crippen molar-refractivity contribution in [2.24, 2.45) is 0 Å². The monoisotopic (exact) mass is 440 g/mol. The number of fused-ring (bicyclic) bond motifs is 1. The number of hydrogen-bond donors (Lipinski definition) is 0. The fourth-order valence-electron chi connectivity index (χ4n) is 4.13. The van der Waals surface area contributed by atoms with E-state index in [1.165, 1.54) is 9.71 Å². The molecule has 1 aromatic heterocycles. The number of methoxy groups -OCH3 is 3. The van der Waals surface area contributed by atoms with E-state index < -0.39 is 0 Å². The van der Waals surface area contributed by atoms with Gasteiger partial charge in [0.25, 0.3) is 0 Å². The topological polar surface area (TPSA) is 60.9 Å². The molecular formula is C24H28N2O4S. The third kappa shape index (κ3) is 4.61. The summed E-state index contributed by atoms with van der Waals surface area (Å²) >= 11 is 1.78. The molecule has 1 aliphatic heterocycles. The van der Waals surface area contributed by atoms with Gasteiger partial charge in [-0.25, -0.2) is 4.98 Å². The molecule has 0 bridgehead atoms. The molecule has 1 amide bonds. The van der Waals surface area contributed by atoms with Gasteiger partial charge >= 0.3 is 0 Å². The Morgan fingerprint density at radius 2 is 1.74 bits per heavy atom. The van der Waals surface area contributed by atoms with E-state index in [0.717, 1.165) is 37.0 Å². The lowest BCUT2D eigenvalue weighted by atomic mass is 9.97. The first-order valence-electron chi connectivity index (χ1n) is 10.5. The van der Waals surface area contributed by atoms with E-state index in [4.69, 9.17) is 19.2 Å². The molecule has 0 N–H and O–H groups in total. The van der Waals surface area contributed by atoms with Crippen LogP contribution in [0.25, 0.3) is 10.2 Å². The van der Waals surface area contributed by atoms with Gasteiger partial charge in [-0.05, 0) is 49.1 Å². The number of thiazole rings is 1. The smallest absolute Gasteiger partial charge is 0.222 e. The second-order valence-electron chi connectivity index (χ2n) is 7.71. The van der Waals surface area contributed by atoms with Crippen molar-refractivity contribution >= 4 is 27.5 Å². The predicted molar refractivity (Wildman–Crippen MR) is 123 cm³/mol. The lowest BCUT2D eigenvalue weighted by Gasteiger charge is -2.31. The standard InChI is InChI=1S/C24H28N2O4S/c1-28-19-14-16(15-20(29-2)23(19)30-3)8-9-22(27)26-12-10-17(11-13-26)24-25-18-6-4-5-7-21(18)31-24/h4-7,14-15,17H,8-13H2,1-3H3. The summed E-state index contributed by atoms with van der Waals surface area (Å²) in [5.41, 5.74) is 2.07. The van der Waals surface area contributed by atoms with Crippen LogP contribution in [0.15, 0.2) is 36.4 Å². The van der Waals surface area contributed by atoms with Crippen molar-refractivity contribution in [3.8, 4) is 17.2 Å². The Morgan fingerprint density at radius 1 is 1.06 bits per heavy atom. The largest absolute Gasteiger partial charge is 0.493 e. The van der Waals surface area contributed by atoms with E-state index in [1.807, 2.05) is 23.1 Å². The third-order valence-electron chi connectivity index (χ3n) is 5.86. The highest BCUT2D eigenvalue weighted by atomic mass is 32.1. The lowest BCUT2D eigenvalue weighted by Crippen LogP contribution is -2.38. The fraction of sp³-hybridized carbons (Fsp3) is 0.417. The number of likely N-dealkylation sites (tertiary alicyclic amines) is 1. The summed E-state index contributed by atoms with van der Waals surface area (Å²) in [6, 6.07) is 12.1. The number of ether oxygens (including phenoxy) is 3. The van der Waals surface area contributed by atoms with Gasteiger partial charge < -0.3 is 19.1 Å². The molecule has 0 atom stereocenters. The summed E-state index contributed by atoms with van der Waals surface area (Å²) in [5, 5.41) is 1.20. The van der Waals surface area contributed by atoms with Gasteiger partial charge in [-0.15, -0.1) is 11.3 Å². The number of para-hydroxylation sites is 1. The maximum absolute atomic E-state index is 12.8. The molecule has 6 nitrogen and oxygen atoms in total. The lowest BCUT2D eigenvalue weighted by molar-refractivity contribution is -0.132. The van der Waals surface area contributed by atoms with Crippen molar-refractivity contribution in [2.75, 3.05) is 34.4 Å². The van der Waals surface area contributed by atoms with Crippen LogP contribution in [-0.4, -0.2) is 50.2 Å². The van der Waals surface area contributed by atoms with Crippen molar-refractivity contribution in [1.82, 2.24) is 9.88 Å². The average molecular weight is 441 g/mol. The SMILES string of the molecule is COc1cc(CCC(=O)N2CCC(c3nc4ccccc4s3)CC2)cc(OC)c1OC. The zero-order valence-electron chi connectivity index (χ0n) is 18.2. The Balaban J connectivity index is 1.34. The van der Waals surface area contributed by atoms with E-state index >= 15 is 0 Å². The molecule has 1 fully saturated rings. The van der Waals surface area contributed by atoms with Gasteiger partial charge in [-0.2, -0.15) is 0 Å². The number of benzene rings is 2. The molecule has 1 saturated heterocycles. The summed E-state index contributed by atoms with van der Waals surface area (Å²) in [6.45, 7) is 1.57. The minimum Gasteiger partial charge on any atom is -0.493 e. The summed E-state index contributed by atoms with van der Waals surface area (Å²) < 4.78 is 17.4. The van der Waals surface area contributed by atoms with Gasteiger partial charge in [0.05, 0.1) is 36.6 Å². The van der Waals surface area contributed by atoms with Crippen molar-refractivity contribution in [3.05, 3.63) is 47.0 Å². The molecule has 3 aromatic rings. The Bertz CT molecular complexity index is 999. The number of nitrogens with zero attached hydrogens (tertiary/aromatic N) is 2. The third-order valence-corrected chi connectivity index (χ3v) is 7.06. The number of aromatic nitrogens is 1. The highest BCUT2D eigenvalue weighted by Gasteiger charge is 2.26. The van der Waals surface area contributed by atoms with E-state index in [2.05, 4.69) is 18.2 Å². The Morgan fingerprint density at radius 3 is 2.35 bits per heavy atom. The molecule has 0 unspecified atom stereocenters. The van der Waals surface area contributed by atoms with Crippen LogP contribution in [0.1, 0.15) is 35.8 Å². The Labute approximate surface area is 186 Å². The highest BCUT2D eigenvalue weighted by molar-refractivity contribution is 7.18. The number of carbonyl (C=O) groups excluding carboxylic acids is 1. The first-order chi connectivity index (χ1) is 15.1. The van der Waals surface area contributed by atoms with Gasteiger partial charge in [0.1, 0.15) is 0 Å². The predicted octanol–water partition coefficient (Wildman–Crippen LogP) is 4.66. The van der Waals surface area contributed by atoms with Crippen LogP contribution in [-0.2, 0) is 11.2 Å². The summed E-state index contributed by atoms with van der Waals surface area (Å²) in [6.07, 6.45) is 3.03. The quantitative estimate of drug-likeness (QED) is 0.535. The van der Waals surface area contributed by atoms with Gasteiger partial charge in [-0.3, -0.25) is 4.79 Å². The second-order valence-corrected chi connectivity index (χ2v) is 8.77. The molecule has 31 heavy (non-hydrogen) atoms. The number of rotatable bonds is 7. The van der Waals surface area contributed by atoms with Crippen LogP contribution in [0.2, 0.25) is 0 Å². The number of piperidine rings is 1. The summed E-state index contributed by atoms with van der Waals surface area (Å²) in [4.78, 5) is 19.6. The number of aryl methyl sites for hydroxylation is 1. The van der Waals surface area contributed by atoms with E-state index in [0.29, 0.717) is 36.0 Å². The van der Waals surface area contributed by atoms with E-state index in [1.54, 1.807) is 32.7 Å². The van der Waals surface area contributed by atoms with Crippen LogP contribution < -0.4 is 14.2 Å². The van der Waals surface area contributed by atoms with Crippen LogP contribution in [0.5, 0.6) is 17.2 Å². The van der Waals surface area contributed by atoms with Crippen molar-refractivity contribution < 1.29 is 19.0 Å². The van der Waals surface area contributed by atoms with Crippen LogP contribution in [0.4, 0.5) is 0 Å². The molecule has 164 valence electrons. The number of carbonyl (C=O) groups is 1. The van der Waals surface area contributed by atoms with Gasteiger partial charge in [0.15, 0.2) is 11.5 Å². The minimum atomic E-state index is 0.191. The van der Waals surface area contributed by atoms with Crippen molar-refractivity contribution in [3.63, 3.8) is 0 Å². The molecule has 7 heteroatoms. The first-order valence-corrected chi connectivity index (χ1v) is 11.4. The normalized spacial score (nSPS) is 14.6. The molecule has 2 heterocycles. The molecular weight excluding hydrogens is 412 g/mol. The zero-order chi connectivity index (χ0) is 21.8. The molecule has 0 saturated carbocycles.